The van der Waals surface area contributed by atoms with Crippen LogP contribution in [0.25, 0.3) is 0 Å². The van der Waals surface area contributed by atoms with Crippen molar-refractivity contribution in [3.8, 4) is 0 Å². The van der Waals surface area contributed by atoms with E-state index in [0.29, 0.717) is 11.0 Å². The molecule has 25 heavy (non-hydrogen) atoms. The van der Waals surface area contributed by atoms with Gasteiger partial charge in [-0.2, -0.15) is 0 Å². The van der Waals surface area contributed by atoms with Crippen LogP contribution in [0.5, 0.6) is 0 Å². The maximum atomic E-state index is 13.5. The number of carbonyl (C=O) groups is 3. The number of likely N-dealkylation sites (N-methyl/N-ethyl adjacent to an activating group) is 2. The Labute approximate surface area is 142 Å². The van der Waals surface area contributed by atoms with E-state index in [4.69, 9.17) is 0 Å². The van der Waals surface area contributed by atoms with Crippen molar-refractivity contribution in [2.24, 2.45) is 0 Å². The van der Waals surface area contributed by atoms with Crippen LogP contribution in [0.3, 0.4) is 0 Å². The summed E-state index contributed by atoms with van der Waals surface area (Å²) in [7, 11) is 4.63. The Hall–Kier alpha value is -2.62. The Balaban J connectivity index is 2.48. The number of quaternary nitrogens is 1. The average molecular weight is 361 g/mol. The number of amides is 3. The van der Waals surface area contributed by atoms with E-state index in [-0.39, 0.29) is 25.5 Å². The fraction of sp³-hybridized carbons (Fsp3) is 0.400. The molecule has 0 spiro atoms. The first kappa shape index (κ1) is 20.4. The van der Waals surface area contributed by atoms with Gasteiger partial charge >= 0.3 is 0 Å². The summed E-state index contributed by atoms with van der Waals surface area (Å²) in [5.74, 6) is -5.94. The minimum absolute atomic E-state index is 0.103. The van der Waals surface area contributed by atoms with Gasteiger partial charge in [0.25, 0.3) is 11.8 Å². The van der Waals surface area contributed by atoms with Gasteiger partial charge in [-0.1, -0.05) is 0 Å². The van der Waals surface area contributed by atoms with Gasteiger partial charge in [-0.05, 0) is 12.1 Å². The lowest BCUT2D eigenvalue weighted by atomic mass is 10.2. The maximum Gasteiger partial charge on any atom is 0.279 e. The lowest BCUT2D eigenvalue weighted by molar-refractivity contribution is -0.862. The minimum atomic E-state index is -1.68. The molecule has 3 N–H and O–H groups in total. The standard InChI is InChI=1S/C15H19F3N4O3/c1-21(2)13(25)6-19-11(23)7-22(3)8-12(24)20-10-5-4-9(16)14(17)15(10)18/h4-5H,6-8H2,1-3H3,(H,19,23)(H,20,24)/p+1. The first-order valence-corrected chi connectivity index (χ1v) is 7.33. The lowest BCUT2D eigenvalue weighted by Crippen LogP contribution is -3.11. The van der Waals surface area contributed by atoms with Crippen molar-refractivity contribution in [1.82, 2.24) is 10.2 Å². The molecule has 0 aliphatic carbocycles. The zero-order chi connectivity index (χ0) is 19.1. The molecule has 138 valence electrons. The number of benzene rings is 1. The highest BCUT2D eigenvalue weighted by Gasteiger charge is 2.18. The van der Waals surface area contributed by atoms with Gasteiger partial charge in [0.15, 0.2) is 30.5 Å². The third kappa shape index (κ3) is 6.42. The molecular formula is C15H20F3N4O3+. The van der Waals surface area contributed by atoms with E-state index in [9.17, 15) is 27.6 Å². The second-order valence-corrected chi connectivity index (χ2v) is 5.65. The summed E-state index contributed by atoms with van der Waals surface area (Å²) in [6.07, 6.45) is 0. The monoisotopic (exact) mass is 361 g/mol. The van der Waals surface area contributed by atoms with Crippen LogP contribution < -0.4 is 15.5 Å². The van der Waals surface area contributed by atoms with E-state index in [1.54, 1.807) is 14.1 Å². The number of rotatable bonds is 7. The Morgan fingerprint density at radius 2 is 1.64 bits per heavy atom. The summed E-state index contributed by atoms with van der Waals surface area (Å²) in [5, 5.41) is 4.52. The van der Waals surface area contributed by atoms with E-state index in [1.165, 1.54) is 11.9 Å². The molecule has 0 heterocycles. The number of hydrogen-bond donors (Lipinski definition) is 3. The molecule has 0 saturated carbocycles. The highest BCUT2D eigenvalue weighted by molar-refractivity contribution is 5.91. The number of nitrogens with one attached hydrogen (secondary N) is 3. The van der Waals surface area contributed by atoms with Crippen LogP contribution >= 0.6 is 0 Å². The summed E-state index contributed by atoms with van der Waals surface area (Å²) in [6.45, 7) is -0.479. The summed E-state index contributed by atoms with van der Waals surface area (Å²) < 4.78 is 39.4. The van der Waals surface area contributed by atoms with E-state index < -0.39 is 35.0 Å². The molecule has 0 radical (unpaired) electrons. The van der Waals surface area contributed by atoms with Crippen molar-refractivity contribution in [1.29, 1.82) is 0 Å². The van der Waals surface area contributed by atoms with Crippen molar-refractivity contribution in [3.63, 3.8) is 0 Å². The van der Waals surface area contributed by atoms with Gasteiger partial charge in [0.1, 0.15) is 0 Å². The van der Waals surface area contributed by atoms with Crippen LogP contribution in [0.15, 0.2) is 12.1 Å². The molecule has 1 atom stereocenters. The number of anilines is 1. The minimum Gasteiger partial charge on any atom is -0.347 e. The third-order valence-electron chi connectivity index (χ3n) is 3.17. The molecule has 0 aromatic heterocycles. The first-order chi connectivity index (χ1) is 11.6. The molecule has 0 bridgehead atoms. The van der Waals surface area contributed by atoms with Crippen LogP contribution in [0.2, 0.25) is 0 Å². The molecule has 1 aromatic rings. The molecular weight excluding hydrogens is 341 g/mol. The second kappa shape index (κ2) is 9.02. The summed E-state index contributed by atoms with van der Waals surface area (Å²) in [5.41, 5.74) is -0.488. The highest BCUT2D eigenvalue weighted by atomic mass is 19.2. The van der Waals surface area contributed by atoms with Crippen LogP contribution in [-0.4, -0.2) is 63.4 Å². The van der Waals surface area contributed by atoms with Gasteiger partial charge in [0, 0.05) is 14.1 Å². The zero-order valence-corrected chi connectivity index (χ0v) is 14.1. The highest BCUT2D eigenvalue weighted by Crippen LogP contribution is 2.19. The van der Waals surface area contributed by atoms with Gasteiger partial charge in [-0.15, -0.1) is 0 Å². The number of hydrogen-bond acceptors (Lipinski definition) is 3. The van der Waals surface area contributed by atoms with Crippen molar-refractivity contribution in [3.05, 3.63) is 29.6 Å². The molecule has 3 amide bonds. The van der Waals surface area contributed by atoms with Crippen molar-refractivity contribution in [2.45, 2.75) is 0 Å². The Kier molecular flexibility index (Phi) is 7.37. The number of halogens is 3. The quantitative estimate of drug-likeness (QED) is 0.532. The molecule has 0 aliphatic heterocycles. The SMILES string of the molecule is CN(C)C(=O)CNC(=O)C[NH+](C)CC(=O)Nc1ccc(F)c(F)c1F. The Morgan fingerprint density at radius 3 is 2.24 bits per heavy atom. The third-order valence-corrected chi connectivity index (χ3v) is 3.17. The van der Waals surface area contributed by atoms with Crippen molar-refractivity contribution in [2.75, 3.05) is 46.1 Å². The average Bonchev–Trinajstić information content (AvgIpc) is 2.52. The predicted molar refractivity (Wildman–Crippen MR) is 83.3 cm³/mol. The van der Waals surface area contributed by atoms with Crippen molar-refractivity contribution < 1.29 is 32.5 Å². The fourth-order valence-corrected chi connectivity index (χ4v) is 1.82. The molecule has 1 unspecified atom stereocenters. The Morgan fingerprint density at radius 1 is 1.04 bits per heavy atom. The first-order valence-electron chi connectivity index (χ1n) is 7.33. The molecule has 10 heteroatoms. The zero-order valence-electron chi connectivity index (χ0n) is 14.1. The molecule has 0 fully saturated rings. The second-order valence-electron chi connectivity index (χ2n) is 5.65. The smallest absolute Gasteiger partial charge is 0.279 e. The van der Waals surface area contributed by atoms with E-state index in [0.717, 1.165) is 6.07 Å². The van der Waals surface area contributed by atoms with E-state index >= 15 is 0 Å². The number of nitrogens with zero attached hydrogens (tertiary/aromatic N) is 1. The van der Waals surface area contributed by atoms with Gasteiger partial charge in [-0.3, -0.25) is 14.4 Å². The van der Waals surface area contributed by atoms with Crippen LogP contribution in [0.4, 0.5) is 18.9 Å². The number of carbonyl (C=O) groups excluding carboxylic acids is 3. The summed E-state index contributed by atoms with van der Waals surface area (Å²) in [6, 6.07) is 1.60. The van der Waals surface area contributed by atoms with Crippen LogP contribution in [0, 0.1) is 17.5 Å². The molecule has 0 aliphatic rings. The van der Waals surface area contributed by atoms with E-state index in [1.807, 2.05) is 0 Å². The lowest BCUT2D eigenvalue weighted by Gasteiger charge is -2.15. The normalized spacial score (nSPS) is 11.6. The maximum absolute atomic E-state index is 13.5. The van der Waals surface area contributed by atoms with E-state index in [2.05, 4.69) is 10.6 Å². The summed E-state index contributed by atoms with van der Waals surface area (Å²) >= 11 is 0. The molecule has 1 aromatic carbocycles. The fourth-order valence-electron chi connectivity index (χ4n) is 1.82. The molecule has 1 rings (SSSR count). The van der Waals surface area contributed by atoms with Crippen molar-refractivity contribution >= 4 is 23.4 Å². The van der Waals surface area contributed by atoms with Gasteiger partial charge < -0.3 is 20.4 Å². The molecule has 7 nitrogen and oxygen atoms in total. The van der Waals surface area contributed by atoms with Gasteiger partial charge in [0.2, 0.25) is 5.91 Å². The topological polar surface area (TPSA) is 83.0 Å². The Bertz CT molecular complexity index is 668. The molecule has 0 saturated heterocycles. The van der Waals surface area contributed by atoms with Crippen LogP contribution in [-0.2, 0) is 14.4 Å². The van der Waals surface area contributed by atoms with Crippen LogP contribution in [0.1, 0.15) is 0 Å². The van der Waals surface area contributed by atoms with Gasteiger partial charge in [-0.25, -0.2) is 13.2 Å². The van der Waals surface area contributed by atoms with Gasteiger partial charge in [0.05, 0.1) is 19.3 Å². The predicted octanol–water partition coefficient (Wildman–Crippen LogP) is -1.24. The summed E-state index contributed by atoms with van der Waals surface area (Å²) in [4.78, 5) is 36.6. The largest absolute Gasteiger partial charge is 0.347 e.